The minimum atomic E-state index is 0.344. The molecule has 26 heavy (non-hydrogen) atoms. The van der Waals surface area contributed by atoms with Crippen molar-refractivity contribution in [2.24, 2.45) is 0 Å². The number of hydrogen-bond donors (Lipinski definition) is 0. The van der Waals surface area contributed by atoms with Crippen LogP contribution in [-0.4, -0.2) is 69.0 Å². The molecule has 1 aliphatic rings. The van der Waals surface area contributed by atoms with E-state index in [2.05, 4.69) is 41.7 Å². The van der Waals surface area contributed by atoms with Crippen LogP contribution in [0.25, 0.3) is 11.0 Å². The van der Waals surface area contributed by atoms with Gasteiger partial charge < -0.3 is 0 Å². The van der Waals surface area contributed by atoms with E-state index in [1.165, 1.54) is 0 Å². The van der Waals surface area contributed by atoms with Crippen LogP contribution in [-0.2, 0) is 0 Å². The zero-order valence-corrected chi connectivity index (χ0v) is 16.7. The number of piperidine rings is 1. The standard InChI is InChI=1S/C18H20AsN7/c1-25(2)18-15(20-7-8-21-18)12-4-3-9-26(10-12)14-6-5-13-16(24-14)17(19)23-11-22-13/h5-8,11-12H,3-4,9-10H2,1-2H3. The second kappa shape index (κ2) is 7.15. The zero-order chi connectivity index (χ0) is 18.1. The molecule has 0 saturated carbocycles. The van der Waals surface area contributed by atoms with E-state index in [0.29, 0.717) is 5.92 Å². The van der Waals surface area contributed by atoms with E-state index < -0.39 is 0 Å². The molecule has 132 valence electrons. The van der Waals surface area contributed by atoms with Gasteiger partial charge in [0.15, 0.2) is 0 Å². The predicted octanol–water partition coefficient (Wildman–Crippen LogP) is 1.06. The van der Waals surface area contributed by atoms with Crippen LogP contribution in [0, 0.1) is 0 Å². The van der Waals surface area contributed by atoms with E-state index in [4.69, 9.17) is 4.98 Å². The van der Waals surface area contributed by atoms with E-state index >= 15 is 0 Å². The van der Waals surface area contributed by atoms with Gasteiger partial charge in [-0.1, -0.05) is 0 Å². The van der Waals surface area contributed by atoms with Gasteiger partial charge in [-0.25, -0.2) is 0 Å². The number of anilines is 2. The Morgan fingerprint density at radius 1 is 1.12 bits per heavy atom. The van der Waals surface area contributed by atoms with E-state index in [1.807, 2.05) is 31.1 Å². The van der Waals surface area contributed by atoms with Crippen LogP contribution in [0.3, 0.4) is 0 Å². The van der Waals surface area contributed by atoms with Crippen molar-refractivity contribution in [1.82, 2.24) is 24.9 Å². The Kier molecular flexibility index (Phi) is 4.72. The van der Waals surface area contributed by atoms with Crippen LogP contribution >= 0.6 is 0 Å². The SMILES string of the molecule is CN(C)c1nccnc1C1CCCN(c2ccc3ncnc([As])c3n2)C1. The monoisotopic (exact) mass is 409 g/mol. The molecular weight excluding hydrogens is 389 g/mol. The molecule has 8 heteroatoms. The molecule has 1 atom stereocenters. The summed E-state index contributed by atoms with van der Waals surface area (Å²) in [5.74, 6) is 2.27. The van der Waals surface area contributed by atoms with Gasteiger partial charge in [0.25, 0.3) is 0 Å². The Bertz CT molecular complexity index is 930. The van der Waals surface area contributed by atoms with Gasteiger partial charge in [0.05, 0.1) is 0 Å². The number of rotatable bonds is 3. The molecule has 4 heterocycles. The quantitative estimate of drug-likeness (QED) is 0.599. The van der Waals surface area contributed by atoms with E-state index in [-0.39, 0.29) is 0 Å². The van der Waals surface area contributed by atoms with Crippen molar-refractivity contribution in [3.8, 4) is 0 Å². The van der Waals surface area contributed by atoms with Gasteiger partial charge in [-0.05, 0) is 0 Å². The van der Waals surface area contributed by atoms with E-state index in [1.54, 1.807) is 18.7 Å². The summed E-state index contributed by atoms with van der Waals surface area (Å²) < 4.78 is 0.849. The summed E-state index contributed by atoms with van der Waals surface area (Å²) in [6, 6.07) is 4.07. The van der Waals surface area contributed by atoms with Crippen LogP contribution in [0.1, 0.15) is 24.5 Å². The van der Waals surface area contributed by atoms with Gasteiger partial charge in [0.2, 0.25) is 0 Å². The molecule has 1 unspecified atom stereocenters. The van der Waals surface area contributed by atoms with Gasteiger partial charge in [-0.2, -0.15) is 0 Å². The molecule has 3 aromatic rings. The predicted molar refractivity (Wildman–Crippen MR) is 103 cm³/mol. The number of pyridine rings is 1. The average Bonchev–Trinajstić information content (AvgIpc) is 2.68. The molecule has 1 saturated heterocycles. The van der Waals surface area contributed by atoms with E-state index in [0.717, 1.165) is 58.8 Å². The minimum absolute atomic E-state index is 0.344. The van der Waals surface area contributed by atoms with E-state index in [9.17, 15) is 0 Å². The average molecular weight is 409 g/mol. The number of hydrogen-bond acceptors (Lipinski definition) is 7. The van der Waals surface area contributed by atoms with Gasteiger partial charge in [-0.3, -0.25) is 0 Å². The van der Waals surface area contributed by atoms with Crippen LogP contribution in [0.15, 0.2) is 30.9 Å². The molecule has 0 spiro atoms. The van der Waals surface area contributed by atoms with Crippen LogP contribution in [0.5, 0.6) is 0 Å². The molecule has 3 aromatic heterocycles. The molecule has 1 fully saturated rings. The summed E-state index contributed by atoms with van der Waals surface area (Å²) in [7, 11) is 4.03. The fourth-order valence-electron chi connectivity index (χ4n) is 3.48. The second-order valence-corrected chi connectivity index (χ2v) is 7.57. The Labute approximate surface area is 161 Å². The van der Waals surface area contributed by atoms with Gasteiger partial charge in [0.1, 0.15) is 0 Å². The zero-order valence-electron chi connectivity index (χ0n) is 14.9. The fraction of sp³-hybridized carbons (Fsp3) is 0.389. The third-order valence-electron chi connectivity index (χ3n) is 4.71. The summed E-state index contributed by atoms with van der Waals surface area (Å²) in [6.07, 6.45) is 7.33. The molecule has 2 radical (unpaired) electrons. The molecular formula is C18H20AsN7. The summed E-state index contributed by atoms with van der Waals surface area (Å²) in [4.78, 5) is 26.9. The van der Waals surface area contributed by atoms with Crippen LogP contribution in [0.2, 0.25) is 0 Å². The van der Waals surface area contributed by atoms with Crippen LogP contribution in [0.4, 0.5) is 11.6 Å². The molecule has 1 aliphatic heterocycles. The first kappa shape index (κ1) is 17.2. The first-order valence-corrected chi connectivity index (χ1v) is 9.61. The summed E-state index contributed by atoms with van der Waals surface area (Å²) in [6.45, 7) is 1.88. The Hall–Kier alpha value is -2.27. The van der Waals surface area contributed by atoms with Crippen molar-refractivity contribution in [3.63, 3.8) is 0 Å². The molecule has 4 rings (SSSR count). The van der Waals surface area contributed by atoms with Crippen molar-refractivity contribution >= 4 is 44.0 Å². The summed E-state index contributed by atoms with van der Waals surface area (Å²) >= 11 is 2.47. The molecule has 0 bridgehead atoms. The summed E-state index contributed by atoms with van der Waals surface area (Å²) in [5.41, 5.74) is 2.79. The van der Waals surface area contributed by atoms with Crippen molar-refractivity contribution in [3.05, 3.63) is 36.5 Å². The number of fused-ring (bicyclic) bond motifs is 1. The normalized spacial score (nSPS) is 17.5. The molecule has 0 aliphatic carbocycles. The second-order valence-electron chi connectivity index (χ2n) is 6.68. The Morgan fingerprint density at radius 3 is 2.81 bits per heavy atom. The maximum absolute atomic E-state index is 4.82. The molecule has 0 amide bonds. The molecule has 7 nitrogen and oxygen atoms in total. The Morgan fingerprint density at radius 2 is 1.96 bits per heavy atom. The van der Waals surface area contributed by atoms with Crippen LogP contribution < -0.4 is 14.3 Å². The van der Waals surface area contributed by atoms with Crippen molar-refractivity contribution in [2.45, 2.75) is 18.8 Å². The first-order valence-electron chi connectivity index (χ1n) is 8.67. The topological polar surface area (TPSA) is 70.9 Å². The van der Waals surface area contributed by atoms with Gasteiger partial charge >= 0.3 is 161 Å². The summed E-state index contributed by atoms with van der Waals surface area (Å²) in [5, 5.41) is 0. The third-order valence-corrected chi connectivity index (χ3v) is 5.40. The van der Waals surface area contributed by atoms with Crippen molar-refractivity contribution in [2.75, 3.05) is 37.0 Å². The first-order chi connectivity index (χ1) is 12.6. The molecule has 0 aromatic carbocycles. The third kappa shape index (κ3) is 3.23. The van der Waals surface area contributed by atoms with Gasteiger partial charge in [-0.15, -0.1) is 0 Å². The van der Waals surface area contributed by atoms with Crippen molar-refractivity contribution in [1.29, 1.82) is 0 Å². The van der Waals surface area contributed by atoms with Gasteiger partial charge in [0, 0.05) is 0 Å². The number of nitrogens with zero attached hydrogens (tertiary/aromatic N) is 7. The maximum atomic E-state index is 4.82. The Balaban J connectivity index is 1.64. The molecule has 0 N–H and O–H groups in total. The fourth-order valence-corrected chi connectivity index (χ4v) is 3.93. The van der Waals surface area contributed by atoms with Crippen molar-refractivity contribution < 1.29 is 0 Å². The number of aromatic nitrogens is 5.